The first-order chi connectivity index (χ1) is 13.0. The van der Waals surface area contributed by atoms with Gasteiger partial charge in [0.2, 0.25) is 10.0 Å². The molecule has 3 rings (SSSR count). The summed E-state index contributed by atoms with van der Waals surface area (Å²) in [6, 6.07) is 22.9. The van der Waals surface area contributed by atoms with Crippen LogP contribution >= 0.6 is 0 Å². The Morgan fingerprint density at radius 3 is 1.74 bits per heavy atom. The largest absolute Gasteiger partial charge is 0.493 e. The van der Waals surface area contributed by atoms with Gasteiger partial charge < -0.3 is 9.47 Å². The molecule has 3 aromatic rings. The van der Waals surface area contributed by atoms with E-state index < -0.39 is 16.1 Å². The zero-order valence-electron chi connectivity index (χ0n) is 15.1. The molecule has 0 radical (unpaired) electrons. The van der Waals surface area contributed by atoms with Gasteiger partial charge in [0.15, 0.2) is 11.5 Å². The van der Waals surface area contributed by atoms with E-state index in [0.29, 0.717) is 11.5 Å². The van der Waals surface area contributed by atoms with Gasteiger partial charge in [0.25, 0.3) is 0 Å². The van der Waals surface area contributed by atoms with Crippen LogP contribution in [0.4, 0.5) is 0 Å². The van der Waals surface area contributed by atoms with Gasteiger partial charge in [0.1, 0.15) is 0 Å². The third kappa shape index (κ3) is 4.30. The summed E-state index contributed by atoms with van der Waals surface area (Å²) in [6.07, 6.45) is 0. The molecule has 0 spiro atoms. The highest BCUT2D eigenvalue weighted by molar-refractivity contribution is 7.89. The van der Waals surface area contributed by atoms with Crippen LogP contribution in [0.1, 0.15) is 17.2 Å². The highest BCUT2D eigenvalue weighted by Crippen LogP contribution is 2.31. The van der Waals surface area contributed by atoms with Crippen molar-refractivity contribution in [3.8, 4) is 11.5 Å². The number of hydrogen-bond acceptors (Lipinski definition) is 4. The second-order valence-electron chi connectivity index (χ2n) is 5.89. The van der Waals surface area contributed by atoms with Crippen molar-refractivity contribution in [1.29, 1.82) is 0 Å². The quantitative estimate of drug-likeness (QED) is 0.674. The number of methoxy groups -OCH3 is 2. The average Bonchev–Trinajstić information content (AvgIpc) is 2.72. The van der Waals surface area contributed by atoms with E-state index in [9.17, 15) is 8.42 Å². The number of sulfonamides is 1. The fourth-order valence-corrected chi connectivity index (χ4v) is 4.05. The van der Waals surface area contributed by atoms with Gasteiger partial charge in [0.05, 0.1) is 25.2 Å². The van der Waals surface area contributed by atoms with E-state index in [-0.39, 0.29) is 4.90 Å². The highest BCUT2D eigenvalue weighted by Gasteiger charge is 2.24. The van der Waals surface area contributed by atoms with Crippen molar-refractivity contribution in [2.24, 2.45) is 0 Å². The molecule has 5 nitrogen and oxygen atoms in total. The van der Waals surface area contributed by atoms with Crippen LogP contribution < -0.4 is 14.2 Å². The summed E-state index contributed by atoms with van der Waals surface area (Å²) < 4.78 is 39.3. The second-order valence-corrected chi connectivity index (χ2v) is 7.61. The molecule has 0 unspecified atom stereocenters. The normalized spacial score (nSPS) is 11.4. The maximum atomic E-state index is 13.0. The number of benzene rings is 3. The predicted molar refractivity (Wildman–Crippen MR) is 105 cm³/mol. The molecule has 0 aliphatic carbocycles. The van der Waals surface area contributed by atoms with Crippen LogP contribution in [0.15, 0.2) is 83.8 Å². The molecule has 6 heteroatoms. The topological polar surface area (TPSA) is 64.6 Å². The third-order valence-corrected chi connectivity index (χ3v) is 5.62. The average molecular weight is 383 g/mol. The van der Waals surface area contributed by atoms with Crippen LogP contribution in [-0.4, -0.2) is 22.6 Å². The standard InChI is InChI=1S/C21H21NO4S/c1-25-19-14-13-18(15-20(19)26-2)27(23,24)22-21(16-9-5-3-6-10-16)17-11-7-4-8-12-17/h3-15,21-22H,1-2H3. The Morgan fingerprint density at radius 2 is 1.26 bits per heavy atom. The van der Waals surface area contributed by atoms with E-state index in [1.807, 2.05) is 60.7 Å². The smallest absolute Gasteiger partial charge is 0.241 e. The molecule has 0 amide bonds. The monoisotopic (exact) mass is 383 g/mol. The first-order valence-corrected chi connectivity index (χ1v) is 9.87. The second kappa shape index (κ2) is 8.24. The van der Waals surface area contributed by atoms with E-state index in [2.05, 4.69) is 4.72 Å². The molecule has 0 fully saturated rings. The molecule has 3 aromatic carbocycles. The number of ether oxygens (including phenoxy) is 2. The van der Waals surface area contributed by atoms with Crippen LogP contribution in [0.25, 0.3) is 0 Å². The fourth-order valence-electron chi connectivity index (χ4n) is 2.83. The summed E-state index contributed by atoms with van der Waals surface area (Å²) in [6.45, 7) is 0. The Balaban J connectivity index is 2.00. The SMILES string of the molecule is COc1ccc(S(=O)(=O)NC(c2ccccc2)c2ccccc2)cc1OC. The summed E-state index contributed by atoms with van der Waals surface area (Å²) in [7, 11) is -0.823. The van der Waals surface area contributed by atoms with Crippen molar-refractivity contribution in [2.75, 3.05) is 14.2 Å². The Hall–Kier alpha value is -2.83. The van der Waals surface area contributed by atoms with E-state index >= 15 is 0 Å². The van der Waals surface area contributed by atoms with Gasteiger partial charge in [-0.3, -0.25) is 0 Å². The number of hydrogen-bond donors (Lipinski definition) is 1. The minimum absolute atomic E-state index is 0.108. The molecule has 0 atom stereocenters. The van der Waals surface area contributed by atoms with Crippen LogP contribution in [0.5, 0.6) is 11.5 Å². The molecule has 0 saturated heterocycles. The summed E-state index contributed by atoms with van der Waals surface area (Å²) in [5.74, 6) is 0.829. The molecule has 140 valence electrons. The maximum Gasteiger partial charge on any atom is 0.241 e. The molecule has 27 heavy (non-hydrogen) atoms. The van der Waals surface area contributed by atoms with Crippen LogP contribution in [0, 0.1) is 0 Å². The summed E-state index contributed by atoms with van der Waals surface area (Å²) in [5, 5.41) is 0. The minimum Gasteiger partial charge on any atom is -0.493 e. The highest BCUT2D eigenvalue weighted by atomic mass is 32.2. The molecule has 0 heterocycles. The molecule has 1 N–H and O–H groups in total. The van der Waals surface area contributed by atoms with E-state index in [1.165, 1.54) is 26.4 Å². The first kappa shape index (κ1) is 18.9. The van der Waals surface area contributed by atoms with E-state index in [4.69, 9.17) is 9.47 Å². The van der Waals surface area contributed by atoms with Crippen molar-refractivity contribution in [2.45, 2.75) is 10.9 Å². The molecule has 0 bridgehead atoms. The number of nitrogens with one attached hydrogen (secondary N) is 1. The molecule has 0 aromatic heterocycles. The van der Waals surface area contributed by atoms with Crippen molar-refractivity contribution in [3.05, 3.63) is 90.0 Å². The zero-order chi connectivity index (χ0) is 19.3. The maximum absolute atomic E-state index is 13.0. The van der Waals surface area contributed by atoms with Gasteiger partial charge in [-0.25, -0.2) is 8.42 Å². The third-order valence-electron chi connectivity index (χ3n) is 4.20. The molecular formula is C21H21NO4S. The van der Waals surface area contributed by atoms with Gasteiger partial charge in [-0.05, 0) is 23.3 Å². The number of rotatable bonds is 7. The van der Waals surface area contributed by atoms with Crippen LogP contribution in [0.3, 0.4) is 0 Å². The van der Waals surface area contributed by atoms with Gasteiger partial charge in [-0.1, -0.05) is 60.7 Å². The van der Waals surface area contributed by atoms with Crippen LogP contribution in [-0.2, 0) is 10.0 Å². The van der Waals surface area contributed by atoms with Gasteiger partial charge in [-0.15, -0.1) is 0 Å². The lowest BCUT2D eigenvalue weighted by Crippen LogP contribution is -2.29. The fraction of sp³-hybridized carbons (Fsp3) is 0.143. The van der Waals surface area contributed by atoms with Crippen molar-refractivity contribution in [1.82, 2.24) is 4.72 Å². The minimum atomic E-state index is -3.80. The molecule has 0 saturated carbocycles. The van der Waals surface area contributed by atoms with Gasteiger partial charge in [-0.2, -0.15) is 4.72 Å². The van der Waals surface area contributed by atoms with Crippen molar-refractivity contribution >= 4 is 10.0 Å². The van der Waals surface area contributed by atoms with Gasteiger partial charge in [0, 0.05) is 6.07 Å². The Labute approximate surface area is 159 Å². The first-order valence-electron chi connectivity index (χ1n) is 8.39. The molecule has 0 aliphatic rings. The summed E-state index contributed by atoms with van der Waals surface area (Å²) in [5.41, 5.74) is 1.71. The zero-order valence-corrected chi connectivity index (χ0v) is 15.9. The molecule has 0 aliphatic heterocycles. The lowest BCUT2D eigenvalue weighted by atomic mass is 10.00. The van der Waals surface area contributed by atoms with Crippen molar-refractivity contribution in [3.63, 3.8) is 0 Å². The van der Waals surface area contributed by atoms with Crippen molar-refractivity contribution < 1.29 is 17.9 Å². The summed E-state index contributed by atoms with van der Waals surface area (Å²) >= 11 is 0. The van der Waals surface area contributed by atoms with E-state index in [0.717, 1.165) is 11.1 Å². The summed E-state index contributed by atoms with van der Waals surface area (Å²) in [4.78, 5) is 0.108. The molecular weight excluding hydrogens is 362 g/mol. The Morgan fingerprint density at radius 1 is 0.741 bits per heavy atom. The van der Waals surface area contributed by atoms with Gasteiger partial charge >= 0.3 is 0 Å². The van der Waals surface area contributed by atoms with E-state index in [1.54, 1.807) is 6.07 Å². The Kier molecular flexibility index (Phi) is 5.78. The van der Waals surface area contributed by atoms with Crippen LogP contribution in [0.2, 0.25) is 0 Å². The lowest BCUT2D eigenvalue weighted by Gasteiger charge is -2.20. The predicted octanol–water partition coefficient (Wildman–Crippen LogP) is 3.77. The lowest BCUT2D eigenvalue weighted by molar-refractivity contribution is 0.354. The Bertz CT molecular complexity index is 950.